The summed E-state index contributed by atoms with van der Waals surface area (Å²) >= 11 is 5.69. The van der Waals surface area contributed by atoms with Gasteiger partial charge in [-0.3, -0.25) is 5.84 Å². The Morgan fingerprint density at radius 3 is 3.00 bits per heavy atom. The summed E-state index contributed by atoms with van der Waals surface area (Å²) in [4.78, 5) is 3.85. The van der Waals surface area contributed by atoms with Crippen molar-refractivity contribution in [2.24, 2.45) is 5.84 Å². The van der Waals surface area contributed by atoms with Crippen LogP contribution in [0.2, 0.25) is 5.15 Å². The van der Waals surface area contributed by atoms with Crippen LogP contribution in [0.15, 0.2) is 31.0 Å². The van der Waals surface area contributed by atoms with E-state index in [0.717, 1.165) is 5.56 Å². The van der Waals surface area contributed by atoms with Gasteiger partial charge in [0.2, 0.25) is 0 Å². The molecule has 0 bridgehead atoms. The van der Waals surface area contributed by atoms with Crippen LogP contribution >= 0.6 is 11.6 Å². The molecule has 3 N–H and O–H groups in total. The van der Waals surface area contributed by atoms with Crippen LogP contribution in [-0.4, -0.2) is 4.98 Å². The van der Waals surface area contributed by atoms with E-state index in [-0.39, 0.29) is 6.04 Å². The van der Waals surface area contributed by atoms with E-state index in [1.807, 2.05) is 6.07 Å². The average molecular weight is 184 g/mol. The van der Waals surface area contributed by atoms with Gasteiger partial charge in [-0.05, 0) is 17.7 Å². The van der Waals surface area contributed by atoms with Crippen LogP contribution in [0.3, 0.4) is 0 Å². The molecule has 1 heterocycles. The molecule has 0 radical (unpaired) electrons. The Bertz CT molecular complexity index is 275. The smallest absolute Gasteiger partial charge is 0.129 e. The van der Waals surface area contributed by atoms with Crippen molar-refractivity contribution >= 4 is 11.6 Å². The molecule has 3 nitrogen and oxygen atoms in total. The number of aromatic nitrogens is 1. The van der Waals surface area contributed by atoms with Gasteiger partial charge in [-0.25, -0.2) is 10.4 Å². The van der Waals surface area contributed by atoms with Crippen molar-refractivity contribution in [1.29, 1.82) is 0 Å². The Balaban J connectivity index is 2.93. The molecule has 1 atom stereocenters. The van der Waals surface area contributed by atoms with Crippen molar-refractivity contribution in [3.8, 4) is 0 Å². The van der Waals surface area contributed by atoms with E-state index < -0.39 is 0 Å². The molecule has 0 fully saturated rings. The van der Waals surface area contributed by atoms with Crippen LogP contribution in [0.1, 0.15) is 11.6 Å². The van der Waals surface area contributed by atoms with Crippen molar-refractivity contribution < 1.29 is 0 Å². The molecule has 0 saturated heterocycles. The van der Waals surface area contributed by atoms with Crippen molar-refractivity contribution in [3.05, 3.63) is 41.7 Å². The molecular formula is C8H10ClN3. The van der Waals surface area contributed by atoms with E-state index in [9.17, 15) is 0 Å². The van der Waals surface area contributed by atoms with Gasteiger partial charge >= 0.3 is 0 Å². The topological polar surface area (TPSA) is 50.9 Å². The number of hydrogen-bond donors (Lipinski definition) is 2. The first-order valence-electron chi connectivity index (χ1n) is 3.48. The molecule has 4 heteroatoms. The molecular weight excluding hydrogens is 174 g/mol. The number of hydrazine groups is 1. The number of nitrogens with zero attached hydrogens (tertiary/aromatic N) is 1. The molecule has 1 aromatic rings. The molecule has 1 unspecified atom stereocenters. The second kappa shape index (κ2) is 4.21. The van der Waals surface area contributed by atoms with Gasteiger partial charge in [0, 0.05) is 6.20 Å². The van der Waals surface area contributed by atoms with Crippen molar-refractivity contribution in [1.82, 2.24) is 10.4 Å². The van der Waals surface area contributed by atoms with E-state index in [2.05, 4.69) is 17.0 Å². The fourth-order valence-electron chi connectivity index (χ4n) is 0.911. The molecule has 12 heavy (non-hydrogen) atoms. The minimum Gasteiger partial charge on any atom is -0.271 e. The summed E-state index contributed by atoms with van der Waals surface area (Å²) in [6.45, 7) is 3.63. The quantitative estimate of drug-likeness (QED) is 0.323. The molecule has 0 aliphatic rings. The zero-order valence-electron chi connectivity index (χ0n) is 6.50. The monoisotopic (exact) mass is 183 g/mol. The van der Waals surface area contributed by atoms with Gasteiger partial charge < -0.3 is 0 Å². The minimum absolute atomic E-state index is 0.0782. The molecule has 0 aliphatic carbocycles. The van der Waals surface area contributed by atoms with Crippen LogP contribution in [0.4, 0.5) is 0 Å². The summed E-state index contributed by atoms with van der Waals surface area (Å²) in [6, 6.07) is 3.50. The molecule has 64 valence electrons. The molecule has 1 aromatic heterocycles. The van der Waals surface area contributed by atoms with Crippen LogP contribution in [0.25, 0.3) is 0 Å². The van der Waals surface area contributed by atoms with Crippen LogP contribution in [0, 0.1) is 0 Å². The first kappa shape index (κ1) is 9.19. The van der Waals surface area contributed by atoms with E-state index >= 15 is 0 Å². The fraction of sp³-hybridized carbons (Fsp3) is 0.125. The van der Waals surface area contributed by atoms with Gasteiger partial charge in [-0.2, -0.15) is 0 Å². The van der Waals surface area contributed by atoms with Crippen molar-refractivity contribution in [3.63, 3.8) is 0 Å². The minimum atomic E-state index is -0.0782. The highest BCUT2D eigenvalue weighted by molar-refractivity contribution is 6.29. The van der Waals surface area contributed by atoms with E-state index in [1.165, 1.54) is 0 Å². The van der Waals surface area contributed by atoms with Crippen molar-refractivity contribution in [2.45, 2.75) is 6.04 Å². The molecule has 0 saturated carbocycles. The van der Waals surface area contributed by atoms with E-state index in [0.29, 0.717) is 5.15 Å². The lowest BCUT2D eigenvalue weighted by Crippen LogP contribution is -2.26. The summed E-state index contributed by atoms with van der Waals surface area (Å²) in [5, 5.41) is 0.453. The molecule has 0 amide bonds. The average Bonchev–Trinajstić information content (AvgIpc) is 2.07. The van der Waals surface area contributed by atoms with E-state index in [4.69, 9.17) is 17.4 Å². The first-order chi connectivity index (χ1) is 5.77. The van der Waals surface area contributed by atoms with Crippen LogP contribution < -0.4 is 11.3 Å². The fourth-order valence-corrected chi connectivity index (χ4v) is 1.09. The van der Waals surface area contributed by atoms with Gasteiger partial charge in [-0.1, -0.05) is 17.7 Å². The Morgan fingerprint density at radius 1 is 1.75 bits per heavy atom. The third kappa shape index (κ3) is 2.04. The Labute approximate surface area is 76.2 Å². The summed E-state index contributed by atoms with van der Waals surface area (Å²) < 4.78 is 0. The summed E-state index contributed by atoms with van der Waals surface area (Å²) in [5.74, 6) is 5.28. The lowest BCUT2D eigenvalue weighted by molar-refractivity contribution is 0.656. The maximum absolute atomic E-state index is 5.69. The lowest BCUT2D eigenvalue weighted by Gasteiger charge is -2.10. The number of nitrogens with two attached hydrogens (primary N) is 1. The maximum Gasteiger partial charge on any atom is 0.129 e. The highest BCUT2D eigenvalue weighted by atomic mass is 35.5. The Morgan fingerprint density at radius 2 is 2.50 bits per heavy atom. The zero-order chi connectivity index (χ0) is 8.97. The van der Waals surface area contributed by atoms with Crippen molar-refractivity contribution in [2.75, 3.05) is 0 Å². The highest BCUT2D eigenvalue weighted by Gasteiger charge is 2.04. The summed E-state index contributed by atoms with van der Waals surface area (Å²) in [5.41, 5.74) is 3.54. The Hall–Kier alpha value is -0.900. The summed E-state index contributed by atoms with van der Waals surface area (Å²) in [6.07, 6.45) is 3.33. The number of halogens is 1. The normalized spacial score (nSPS) is 12.5. The molecule has 0 aromatic carbocycles. The number of nitrogens with one attached hydrogen (secondary N) is 1. The first-order valence-corrected chi connectivity index (χ1v) is 3.86. The molecule has 0 spiro atoms. The van der Waals surface area contributed by atoms with Gasteiger partial charge in [0.1, 0.15) is 5.15 Å². The lowest BCUT2D eigenvalue weighted by atomic mass is 10.1. The largest absolute Gasteiger partial charge is 0.271 e. The van der Waals surface area contributed by atoms with Gasteiger partial charge in [-0.15, -0.1) is 6.58 Å². The van der Waals surface area contributed by atoms with Gasteiger partial charge in [0.25, 0.3) is 0 Å². The second-order valence-corrected chi connectivity index (χ2v) is 2.68. The van der Waals surface area contributed by atoms with Gasteiger partial charge in [0.05, 0.1) is 6.04 Å². The second-order valence-electron chi connectivity index (χ2n) is 2.29. The third-order valence-corrected chi connectivity index (χ3v) is 1.73. The standard InChI is InChI=1S/C8H10ClN3/c1-2-7(12-10)6-3-4-11-8(9)5-6/h2-5,7,12H,1,10H2. The maximum atomic E-state index is 5.69. The van der Waals surface area contributed by atoms with Gasteiger partial charge in [0.15, 0.2) is 0 Å². The van der Waals surface area contributed by atoms with Crippen LogP contribution in [0.5, 0.6) is 0 Å². The molecule has 0 aliphatic heterocycles. The SMILES string of the molecule is C=CC(NN)c1ccnc(Cl)c1. The summed E-state index contributed by atoms with van der Waals surface area (Å²) in [7, 11) is 0. The predicted molar refractivity (Wildman–Crippen MR) is 49.5 cm³/mol. The zero-order valence-corrected chi connectivity index (χ0v) is 7.25. The highest BCUT2D eigenvalue weighted by Crippen LogP contribution is 2.15. The molecule has 1 rings (SSSR count). The van der Waals surface area contributed by atoms with E-state index in [1.54, 1.807) is 18.3 Å². The third-order valence-electron chi connectivity index (χ3n) is 1.53. The number of pyridine rings is 1. The Kier molecular flexibility index (Phi) is 3.22. The number of rotatable bonds is 3. The van der Waals surface area contributed by atoms with Crippen LogP contribution in [-0.2, 0) is 0 Å². The predicted octanol–water partition coefficient (Wildman–Crippen LogP) is 1.43. The number of hydrogen-bond acceptors (Lipinski definition) is 3.